The van der Waals surface area contributed by atoms with Crippen molar-refractivity contribution in [1.29, 1.82) is 0 Å². The predicted octanol–water partition coefficient (Wildman–Crippen LogP) is 1.47. The van der Waals surface area contributed by atoms with Gasteiger partial charge >= 0.3 is 0 Å². The molecule has 1 saturated heterocycles. The van der Waals surface area contributed by atoms with Gasteiger partial charge in [-0.05, 0) is 39.5 Å². The minimum atomic E-state index is -0.156. The number of rotatable bonds is 5. The maximum atomic E-state index is 13.7. The van der Waals surface area contributed by atoms with Crippen LogP contribution in [0, 0.1) is 5.82 Å². The molecule has 2 rings (SSSR count). The molecule has 5 heteroatoms. The molecule has 0 aromatic heterocycles. The fourth-order valence-electron chi connectivity index (χ4n) is 2.75. The van der Waals surface area contributed by atoms with Crippen LogP contribution < -0.4 is 5.32 Å². The second-order valence-electron chi connectivity index (χ2n) is 5.97. The number of amides is 1. The van der Waals surface area contributed by atoms with Gasteiger partial charge in [0.2, 0.25) is 5.91 Å². The van der Waals surface area contributed by atoms with Crippen LogP contribution in [0.25, 0.3) is 0 Å². The minimum absolute atomic E-state index is 0.0535. The molecule has 1 unspecified atom stereocenters. The Hall–Kier alpha value is -1.46. The maximum absolute atomic E-state index is 13.7. The SMILES string of the molecule is CN(C)CC(=O)NC1CCCN(Cc2ccccc2F)C1. The third-order valence-corrected chi connectivity index (χ3v) is 3.68. The largest absolute Gasteiger partial charge is 0.351 e. The van der Waals surface area contributed by atoms with Crippen molar-refractivity contribution in [2.75, 3.05) is 33.7 Å². The molecule has 1 heterocycles. The van der Waals surface area contributed by atoms with Gasteiger partial charge in [-0.25, -0.2) is 4.39 Å². The van der Waals surface area contributed by atoms with Gasteiger partial charge in [-0.3, -0.25) is 9.69 Å². The molecule has 1 aliphatic rings. The summed E-state index contributed by atoms with van der Waals surface area (Å²) >= 11 is 0. The summed E-state index contributed by atoms with van der Waals surface area (Å²) in [5, 5.41) is 3.06. The average Bonchev–Trinajstić information content (AvgIpc) is 2.41. The number of carbonyl (C=O) groups excluding carboxylic acids is 1. The Kier molecular flexibility index (Phi) is 5.70. The number of carbonyl (C=O) groups is 1. The van der Waals surface area contributed by atoms with Crippen molar-refractivity contribution in [1.82, 2.24) is 15.1 Å². The molecular weight excluding hydrogens is 269 g/mol. The third kappa shape index (κ3) is 5.10. The first-order valence-corrected chi connectivity index (χ1v) is 7.44. The summed E-state index contributed by atoms with van der Waals surface area (Å²) in [6.45, 7) is 2.75. The van der Waals surface area contributed by atoms with Crippen molar-refractivity contribution in [3.8, 4) is 0 Å². The minimum Gasteiger partial charge on any atom is -0.351 e. The van der Waals surface area contributed by atoms with Gasteiger partial charge in [0.05, 0.1) is 6.54 Å². The molecule has 0 aliphatic carbocycles. The Morgan fingerprint density at radius 2 is 2.19 bits per heavy atom. The lowest BCUT2D eigenvalue weighted by Gasteiger charge is -2.33. The highest BCUT2D eigenvalue weighted by Gasteiger charge is 2.22. The highest BCUT2D eigenvalue weighted by atomic mass is 19.1. The summed E-state index contributed by atoms with van der Waals surface area (Å²) in [7, 11) is 3.76. The van der Waals surface area contributed by atoms with E-state index in [2.05, 4.69) is 10.2 Å². The van der Waals surface area contributed by atoms with Gasteiger partial charge in [0.15, 0.2) is 0 Å². The predicted molar refractivity (Wildman–Crippen MR) is 81.4 cm³/mol. The Balaban J connectivity index is 1.86. The molecular formula is C16H24FN3O. The van der Waals surface area contributed by atoms with Crippen LogP contribution in [-0.4, -0.2) is 55.5 Å². The quantitative estimate of drug-likeness (QED) is 0.893. The number of nitrogens with zero attached hydrogens (tertiary/aromatic N) is 2. The van der Waals surface area contributed by atoms with Crippen LogP contribution in [0.1, 0.15) is 18.4 Å². The molecule has 1 N–H and O–H groups in total. The van der Waals surface area contributed by atoms with Crippen LogP contribution in [0.2, 0.25) is 0 Å². The van der Waals surface area contributed by atoms with E-state index in [-0.39, 0.29) is 17.8 Å². The second kappa shape index (κ2) is 7.52. The van der Waals surface area contributed by atoms with Crippen LogP contribution in [-0.2, 0) is 11.3 Å². The molecule has 1 amide bonds. The van der Waals surface area contributed by atoms with Crippen molar-refractivity contribution in [3.05, 3.63) is 35.6 Å². The van der Waals surface area contributed by atoms with Crippen LogP contribution >= 0.6 is 0 Å². The molecule has 1 fully saturated rings. The summed E-state index contributed by atoms with van der Waals surface area (Å²) < 4.78 is 13.7. The van der Waals surface area contributed by atoms with E-state index in [0.717, 1.165) is 31.5 Å². The zero-order chi connectivity index (χ0) is 15.2. The van der Waals surface area contributed by atoms with Crippen LogP contribution in [0.3, 0.4) is 0 Å². The van der Waals surface area contributed by atoms with E-state index >= 15 is 0 Å². The number of likely N-dealkylation sites (tertiary alicyclic amines) is 1. The Labute approximate surface area is 125 Å². The summed E-state index contributed by atoms with van der Waals surface area (Å²) in [6.07, 6.45) is 2.02. The van der Waals surface area contributed by atoms with Crippen molar-refractivity contribution in [2.45, 2.75) is 25.4 Å². The molecule has 1 aromatic rings. The summed E-state index contributed by atoms with van der Waals surface area (Å²) in [6, 6.07) is 7.05. The third-order valence-electron chi connectivity index (χ3n) is 3.68. The van der Waals surface area contributed by atoms with Gasteiger partial charge in [0.25, 0.3) is 0 Å². The summed E-state index contributed by atoms with van der Waals surface area (Å²) in [5.41, 5.74) is 0.720. The van der Waals surface area contributed by atoms with Gasteiger partial charge in [-0.2, -0.15) is 0 Å². The molecule has 0 saturated carbocycles. The van der Waals surface area contributed by atoms with E-state index in [1.807, 2.05) is 31.1 Å². The number of piperidine rings is 1. The Bertz CT molecular complexity index is 478. The molecule has 1 aliphatic heterocycles. The van der Waals surface area contributed by atoms with Crippen molar-refractivity contribution >= 4 is 5.91 Å². The van der Waals surface area contributed by atoms with Crippen molar-refractivity contribution in [3.63, 3.8) is 0 Å². The average molecular weight is 293 g/mol. The molecule has 0 spiro atoms. The van der Waals surface area contributed by atoms with Crippen LogP contribution in [0.15, 0.2) is 24.3 Å². The maximum Gasteiger partial charge on any atom is 0.234 e. The number of nitrogens with one attached hydrogen (secondary N) is 1. The van der Waals surface area contributed by atoms with E-state index < -0.39 is 0 Å². The molecule has 4 nitrogen and oxygen atoms in total. The lowest BCUT2D eigenvalue weighted by atomic mass is 10.0. The first-order valence-electron chi connectivity index (χ1n) is 7.44. The van der Waals surface area contributed by atoms with Crippen molar-refractivity contribution in [2.24, 2.45) is 0 Å². The number of hydrogen-bond donors (Lipinski definition) is 1. The first-order chi connectivity index (χ1) is 10.0. The van der Waals surface area contributed by atoms with E-state index in [0.29, 0.717) is 13.1 Å². The molecule has 1 atom stereocenters. The van der Waals surface area contributed by atoms with E-state index in [9.17, 15) is 9.18 Å². The Morgan fingerprint density at radius 3 is 2.90 bits per heavy atom. The summed E-state index contributed by atoms with van der Waals surface area (Å²) in [4.78, 5) is 15.9. The Morgan fingerprint density at radius 1 is 1.43 bits per heavy atom. The van der Waals surface area contributed by atoms with E-state index in [1.54, 1.807) is 6.07 Å². The van der Waals surface area contributed by atoms with Gasteiger partial charge < -0.3 is 10.2 Å². The number of halogens is 1. The highest BCUT2D eigenvalue weighted by Crippen LogP contribution is 2.15. The molecule has 0 radical (unpaired) electrons. The second-order valence-corrected chi connectivity index (χ2v) is 5.97. The van der Waals surface area contributed by atoms with Gasteiger partial charge in [0, 0.05) is 24.7 Å². The van der Waals surface area contributed by atoms with Gasteiger partial charge in [0.1, 0.15) is 5.82 Å². The number of likely N-dealkylation sites (N-methyl/N-ethyl adjacent to an activating group) is 1. The lowest BCUT2D eigenvalue weighted by Crippen LogP contribution is -2.49. The topological polar surface area (TPSA) is 35.6 Å². The standard InChI is InChI=1S/C16H24FN3O/c1-19(2)12-16(21)18-14-7-5-9-20(11-14)10-13-6-3-4-8-15(13)17/h3-4,6,8,14H,5,7,9-12H2,1-2H3,(H,18,21). The number of benzene rings is 1. The number of hydrogen-bond acceptors (Lipinski definition) is 3. The zero-order valence-corrected chi connectivity index (χ0v) is 12.8. The van der Waals surface area contributed by atoms with Gasteiger partial charge in [-0.1, -0.05) is 18.2 Å². The lowest BCUT2D eigenvalue weighted by molar-refractivity contribution is -0.122. The first kappa shape index (κ1) is 15.9. The zero-order valence-electron chi connectivity index (χ0n) is 12.8. The normalized spacial score (nSPS) is 19.7. The van der Waals surface area contributed by atoms with E-state index in [4.69, 9.17) is 0 Å². The van der Waals surface area contributed by atoms with Crippen LogP contribution in [0.4, 0.5) is 4.39 Å². The summed E-state index contributed by atoms with van der Waals surface area (Å²) in [5.74, 6) is -0.103. The van der Waals surface area contributed by atoms with E-state index in [1.165, 1.54) is 6.07 Å². The van der Waals surface area contributed by atoms with Gasteiger partial charge in [-0.15, -0.1) is 0 Å². The fraction of sp³-hybridized carbons (Fsp3) is 0.562. The molecule has 1 aromatic carbocycles. The fourth-order valence-corrected chi connectivity index (χ4v) is 2.75. The smallest absolute Gasteiger partial charge is 0.234 e. The molecule has 116 valence electrons. The van der Waals surface area contributed by atoms with Crippen molar-refractivity contribution < 1.29 is 9.18 Å². The van der Waals surface area contributed by atoms with Crippen LogP contribution in [0.5, 0.6) is 0 Å². The molecule has 0 bridgehead atoms. The highest BCUT2D eigenvalue weighted by molar-refractivity contribution is 5.78. The molecule has 21 heavy (non-hydrogen) atoms. The monoisotopic (exact) mass is 293 g/mol.